The van der Waals surface area contributed by atoms with Gasteiger partial charge in [0.15, 0.2) is 0 Å². The highest BCUT2D eigenvalue weighted by atomic mass is 16.5. The molecule has 0 amide bonds. The number of aliphatic hydroxyl groups is 1. The molecule has 0 aliphatic rings. The summed E-state index contributed by atoms with van der Waals surface area (Å²) in [6.45, 7) is 8.41. The molecule has 0 saturated carbocycles. The van der Waals surface area contributed by atoms with Crippen LogP contribution in [0.2, 0.25) is 0 Å². The van der Waals surface area contributed by atoms with E-state index in [4.69, 9.17) is 9.84 Å². The number of hydrogen-bond acceptors (Lipinski definition) is 3. The topological polar surface area (TPSA) is 41.5 Å². The molecule has 0 aromatic carbocycles. The summed E-state index contributed by atoms with van der Waals surface area (Å²) < 4.78 is 5.11. The van der Waals surface area contributed by atoms with Crippen LogP contribution in [0.3, 0.4) is 0 Å². The first kappa shape index (κ1) is 13.9. The van der Waals surface area contributed by atoms with Crippen molar-refractivity contribution in [3.8, 4) is 0 Å². The van der Waals surface area contributed by atoms with E-state index in [1.807, 2.05) is 0 Å². The van der Waals surface area contributed by atoms with Crippen molar-refractivity contribution < 1.29 is 9.84 Å². The van der Waals surface area contributed by atoms with E-state index in [0.717, 1.165) is 26.0 Å². The van der Waals surface area contributed by atoms with Crippen LogP contribution in [0.15, 0.2) is 0 Å². The smallest absolute Gasteiger partial charge is 0.0615 e. The average molecular weight is 203 g/mol. The Morgan fingerprint density at radius 1 is 1.43 bits per heavy atom. The summed E-state index contributed by atoms with van der Waals surface area (Å²) in [6.07, 6.45) is 1.91. The average Bonchev–Trinajstić information content (AvgIpc) is 2.12. The number of nitrogens with one attached hydrogen (secondary N) is 1. The molecule has 0 spiro atoms. The highest BCUT2D eigenvalue weighted by Gasteiger charge is 2.18. The van der Waals surface area contributed by atoms with E-state index in [-0.39, 0.29) is 12.0 Å². The van der Waals surface area contributed by atoms with E-state index in [0.29, 0.717) is 6.04 Å². The van der Waals surface area contributed by atoms with Gasteiger partial charge in [0.25, 0.3) is 0 Å². The van der Waals surface area contributed by atoms with Crippen molar-refractivity contribution in [3.05, 3.63) is 0 Å². The summed E-state index contributed by atoms with van der Waals surface area (Å²) >= 11 is 0. The Balaban J connectivity index is 3.76. The number of hydrogen-bond donors (Lipinski definition) is 2. The lowest BCUT2D eigenvalue weighted by atomic mass is 9.89. The Morgan fingerprint density at radius 2 is 2.07 bits per heavy atom. The van der Waals surface area contributed by atoms with Gasteiger partial charge >= 0.3 is 0 Å². The Bertz CT molecular complexity index is 137. The summed E-state index contributed by atoms with van der Waals surface area (Å²) in [5.74, 6) is 0. The first-order valence-corrected chi connectivity index (χ1v) is 5.39. The van der Waals surface area contributed by atoms with E-state index in [1.54, 1.807) is 7.11 Å². The Labute approximate surface area is 87.8 Å². The Hall–Kier alpha value is -0.120. The van der Waals surface area contributed by atoms with Crippen molar-refractivity contribution in [2.45, 2.75) is 39.7 Å². The van der Waals surface area contributed by atoms with Gasteiger partial charge < -0.3 is 15.2 Å². The second-order valence-corrected chi connectivity index (χ2v) is 4.58. The third-order valence-corrected chi connectivity index (χ3v) is 2.52. The zero-order chi connectivity index (χ0) is 11.0. The molecule has 0 radical (unpaired) electrons. The molecule has 0 heterocycles. The molecule has 2 N–H and O–H groups in total. The van der Waals surface area contributed by atoms with Crippen LogP contribution in [-0.4, -0.2) is 38.0 Å². The summed E-state index contributed by atoms with van der Waals surface area (Å²) in [5.41, 5.74) is 0.163. The monoisotopic (exact) mass is 203 g/mol. The van der Waals surface area contributed by atoms with Gasteiger partial charge in [-0.25, -0.2) is 0 Å². The quantitative estimate of drug-likeness (QED) is 0.627. The largest absolute Gasteiger partial charge is 0.396 e. The Kier molecular flexibility index (Phi) is 7.15. The fourth-order valence-electron chi connectivity index (χ4n) is 1.33. The van der Waals surface area contributed by atoms with E-state index in [1.165, 1.54) is 0 Å². The normalized spacial score (nSPS) is 14.4. The molecule has 3 nitrogen and oxygen atoms in total. The molecule has 0 rings (SSSR count). The zero-order valence-electron chi connectivity index (χ0n) is 9.97. The van der Waals surface area contributed by atoms with Gasteiger partial charge in [-0.2, -0.15) is 0 Å². The molecule has 0 fully saturated rings. The first-order valence-electron chi connectivity index (χ1n) is 5.39. The number of methoxy groups -OCH3 is 1. The van der Waals surface area contributed by atoms with Gasteiger partial charge in [0.2, 0.25) is 0 Å². The maximum atomic E-state index is 8.88. The van der Waals surface area contributed by atoms with Crippen LogP contribution in [0.5, 0.6) is 0 Å². The second-order valence-electron chi connectivity index (χ2n) is 4.58. The minimum Gasteiger partial charge on any atom is -0.396 e. The maximum Gasteiger partial charge on any atom is 0.0615 e. The molecule has 14 heavy (non-hydrogen) atoms. The molecule has 86 valence electrons. The van der Waals surface area contributed by atoms with Gasteiger partial charge in [0.1, 0.15) is 0 Å². The van der Waals surface area contributed by atoms with Gasteiger partial charge in [0.05, 0.1) is 6.61 Å². The van der Waals surface area contributed by atoms with Crippen LogP contribution >= 0.6 is 0 Å². The van der Waals surface area contributed by atoms with Crippen LogP contribution in [0, 0.1) is 5.41 Å². The molecule has 0 aromatic heterocycles. The highest BCUT2D eigenvalue weighted by molar-refractivity contribution is 4.74. The molecule has 1 unspecified atom stereocenters. The number of ether oxygens (including phenoxy) is 1. The minimum absolute atomic E-state index is 0.163. The van der Waals surface area contributed by atoms with Crippen LogP contribution in [-0.2, 0) is 4.74 Å². The van der Waals surface area contributed by atoms with E-state index >= 15 is 0 Å². The summed E-state index contributed by atoms with van der Waals surface area (Å²) in [6, 6.07) is 0.429. The summed E-state index contributed by atoms with van der Waals surface area (Å²) in [4.78, 5) is 0. The lowest BCUT2D eigenvalue weighted by Crippen LogP contribution is -2.39. The van der Waals surface area contributed by atoms with E-state index in [2.05, 4.69) is 26.1 Å². The second kappa shape index (κ2) is 7.21. The van der Waals surface area contributed by atoms with E-state index < -0.39 is 0 Å². The lowest BCUT2D eigenvalue weighted by molar-refractivity contribution is 0.149. The number of aliphatic hydroxyl groups excluding tert-OH is 1. The van der Waals surface area contributed by atoms with Crippen LogP contribution in [0.25, 0.3) is 0 Å². The fourth-order valence-corrected chi connectivity index (χ4v) is 1.33. The molecular weight excluding hydrogens is 178 g/mol. The molecule has 1 atom stereocenters. The van der Waals surface area contributed by atoms with Gasteiger partial charge in [-0.3, -0.25) is 0 Å². The van der Waals surface area contributed by atoms with Gasteiger partial charge in [0, 0.05) is 26.3 Å². The Morgan fingerprint density at radius 3 is 2.50 bits per heavy atom. The third kappa shape index (κ3) is 6.35. The third-order valence-electron chi connectivity index (χ3n) is 2.52. The molecule has 0 saturated heterocycles. The molecule has 0 bridgehead atoms. The maximum absolute atomic E-state index is 8.88. The first-order chi connectivity index (χ1) is 6.55. The molecule has 3 heteroatoms. The minimum atomic E-state index is 0.163. The van der Waals surface area contributed by atoms with Crippen molar-refractivity contribution in [2.24, 2.45) is 5.41 Å². The van der Waals surface area contributed by atoms with Crippen LogP contribution in [0.4, 0.5) is 0 Å². The molecule has 0 aliphatic carbocycles. The van der Waals surface area contributed by atoms with Crippen LogP contribution < -0.4 is 5.32 Å². The van der Waals surface area contributed by atoms with Crippen molar-refractivity contribution in [1.29, 1.82) is 0 Å². The van der Waals surface area contributed by atoms with Gasteiger partial charge in [-0.1, -0.05) is 20.8 Å². The predicted molar refractivity (Wildman–Crippen MR) is 59.4 cm³/mol. The zero-order valence-corrected chi connectivity index (χ0v) is 9.97. The van der Waals surface area contributed by atoms with E-state index in [9.17, 15) is 0 Å². The number of rotatable bonds is 8. The van der Waals surface area contributed by atoms with Gasteiger partial charge in [-0.15, -0.1) is 0 Å². The fraction of sp³-hybridized carbons (Fsp3) is 1.00. The van der Waals surface area contributed by atoms with Crippen molar-refractivity contribution in [3.63, 3.8) is 0 Å². The standard InChI is InChI=1S/C11H25NO2/c1-5-10(8-14-4)12-9-11(2,3)6-7-13/h10,12-13H,5-9H2,1-4H3. The van der Waals surface area contributed by atoms with Crippen molar-refractivity contribution >= 4 is 0 Å². The summed E-state index contributed by atoms with van der Waals surface area (Å²) in [5, 5.41) is 12.3. The highest BCUT2D eigenvalue weighted by Crippen LogP contribution is 2.18. The lowest BCUT2D eigenvalue weighted by Gasteiger charge is -2.27. The summed E-state index contributed by atoms with van der Waals surface area (Å²) in [7, 11) is 1.73. The molecule has 0 aliphatic heterocycles. The SMILES string of the molecule is CCC(COC)NCC(C)(C)CCO. The van der Waals surface area contributed by atoms with Gasteiger partial charge in [-0.05, 0) is 18.3 Å². The van der Waals surface area contributed by atoms with Crippen molar-refractivity contribution in [1.82, 2.24) is 5.32 Å². The predicted octanol–water partition coefficient (Wildman–Crippen LogP) is 1.41. The van der Waals surface area contributed by atoms with Crippen LogP contribution in [0.1, 0.15) is 33.6 Å². The molecular formula is C11H25NO2. The van der Waals surface area contributed by atoms with Crippen molar-refractivity contribution in [2.75, 3.05) is 26.9 Å². The molecule has 0 aromatic rings.